The van der Waals surface area contributed by atoms with E-state index < -0.39 is 0 Å². The molecule has 1 heterocycles. The first-order chi connectivity index (χ1) is 15.6. The van der Waals surface area contributed by atoms with Crippen LogP contribution in [-0.2, 0) is 15.6 Å². The summed E-state index contributed by atoms with van der Waals surface area (Å²) in [4.78, 5) is 0. The summed E-state index contributed by atoms with van der Waals surface area (Å²) < 4.78 is 12.4. The number of rotatable bonds is 5. The van der Waals surface area contributed by atoms with Crippen molar-refractivity contribution in [1.82, 2.24) is 0 Å². The van der Waals surface area contributed by atoms with Crippen molar-refractivity contribution in [3.05, 3.63) is 29.3 Å². The highest BCUT2D eigenvalue weighted by Gasteiger charge is 2.57. The number of benzene rings is 1. The van der Waals surface area contributed by atoms with Crippen LogP contribution in [0, 0.1) is 35.5 Å². The summed E-state index contributed by atoms with van der Waals surface area (Å²) >= 11 is 0. The number of hydrogen-bond acceptors (Lipinski definition) is 2. The van der Waals surface area contributed by atoms with Gasteiger partial charge in [0.1, 0.15) is 18.5 Å². The highest BCUT2D eigenvalue weighted by Crippen LogP contribution is 2.66. The monoisotopic (exact) mass is 432 g/mol. The fraction of sp³-hybridized carbons (Fsp3) is 0.800. The zero-order valence-electron chi connectivity index (χ0n) is 19.9. The van der Waals surface area contributed by atoms with Gasteiger partial charge in [-0.3, -0.25) is 0 Å². The molecule has 172 valence electrons. The van der Waals surface area contributed by atoms with Crippen LogP contribution in [-0.4, -0.2) is 18.8 Å². The summed E-state index contributed by atoms with van der Waals surface area (Å²) in [6.07, 6.45) is 18.5. The third kappa shape index (κ3) is 2.80. The lowest BCUT2D eigenvalue weighted by atomic mass is 9.44. The minimum absolute atomic E-state index is 0.308. The second-order valence-electron chi connectivity index (χ2n) is 13.8. The van der Waals surface area contributed by atoms with Crippen molar-refractivity contribution in [3.63, 3.8) is 0 Å². The molecule has 0 amide bonds. The maximum atomic E-state index is 6.70. The van der Waals surface area contributed by atoms with Crippen molar-refractivity contribution in [2.75, 3.05) is 6.61 Å². The minimum atomic E-state index is 0.308. The zero-order chi connectivity index (χ0) is 21.1. The maximum absolute atomic E-state index is 6.70. The molecule has 2 unspecified atom stereocenters. The molecule has 1 aliphatic heterocycles. The molecule has 32 heavy (non-hydrogen) atoms. The van der Waals surface area contributed by atoms with Crippen LogP contribution in [0.5, 0.6) is 5.75 Å². The van der Waals surface area contributed by atoms with Crippen molar-refractivity contribution in [1.29, 1.82) is 0 Å². The van der Waals surface area contributed by atoms with Crippen LogP contribution in [0.4, 0.5) is 0 Å². The van der Waals surface area contributed by atoms with E-state index in [1.165, 1.54) is 82.8 Å². The Morgan fingerprint density at radius 1 is 0.750 bits per heavy atom. The van der Waals surface area contributed by atoms with E-state index in [0.29, 0.717) is 23.0 Å². The van der Waals surface area contributed by atoms with E-state index >= 15 is 0 Å². The van der Waals surface area contributed by atoms with Gasteiger partial charge in [0.25, 0.3) is 0 Å². The fourth-order valence-corrected chi connectivity index (χ4v) is 11.1. The number of ether oxygens (including phenoxy) is 2. The molecule has 9 fully saturated rings. The van der Waals surface area contributed by atoms with Crippen molar-refractivity contribution >= 4 is 0 Å². The van der Waals surface area contributed by atoms with Crippen molar-refractivity contribution in [3.8, 4) is 5.75 Å². The Morgan fingerprint density at radius 2 is 1.22 bits per heavy atom. The predicted molar refractivity (Wildman–Crippen MR) is 126 cm³/mol. The molecule has 2 heteroatoms. The lowest BCUT2D eigenvalue weighted by Crippen LogP contribution is -2.52. The molecule has 0 radical (unpaired) electrons. The SMILES string of the molecule is CC1OC1COc1cccc(C23CC4CC(CC(C4)C2)C3)c1C12CC3CC(CC(C3)C1)C2. The summed E-state index contributed by atoms with van der Waals surface area (Å²) in [5.41, 5.74) is 4.34. The lowest BCUT2D eigenvalue weighted by Gasteiger charge is -2.61. The topological polar surface area (TPSA) is 21.8 Å². The summed E-state index contributed by atoms with van der Waals surface area (Å²) in [6.45, 7) is 2.92. The van der Waals surface area contributed by atoms with Crippen molar-refractivity contribution in [2.45, 2.75) is 107 Å². The average molecular weight is 433 g/mol. The van der Waals surface area contributed by atoms with Gasteiger partial charge in [-0.25, -0.2) is 0 Å². The maximum Gasteiger partial charge on any atom is 0.123 e. The summed E-state index contributed by atoms with van der Waals surface area (Å²) in [7, 11) is 0. The fourth-order valence-electron chi connectivity index (χ4n) is 11.1. The molecule has 2 nitrogen and oxygen atoms in total. The Hall–Kier alpha value is -1.02. The summed E-state index contributed by atoms with van der Waals surface area (Å²) in [5.74, 6) is 7.17. The van der Waals surface area contributed by atoms with E-state index in [9.17, 15) is 0 Å². The van der Waals surface area contributed by atoms with Gasteiger partial charge in [0.05, 0.1) is 6.10 Å². The molecule has 2 atom stereocenters. The molecular weight excluding hydrogens is 392 g/mol. The van der Waals surface area contributed by atoms with Gasteiger partial charge >= 0.3 is 0 Å². The van der Waals surface area contributed by atoms with E-state index in [1.54, 1.807) is 11.1 Å². The van der Waals surface area contributed by atoms with E-state index in [2.05, 4.69) is 25.1 Å². The van der Waals surface area contributed by atoms with Gasteiger partial charge in [0, 0.05) is 11.0 Å². The van der Waals surface area contributed by atoms with Crippen molar-refractivity contribution < 1.29 is 9.47 Å². The van der Waals surface area contributed by atoms with E-state index in [0.717, 1.165) is 42.1 Å². The van der Waals surface area contributed by atoms with Gasteiger partial charge in [-0.1, -0.05) is 12.1 Å². The molecule has 0 N–H and O–H groups in total. The normalized spacial score (nSPS) is 51.9. The number of hydrogen-bond donors (Lipinski definition) is 0. The van der Waals surface area contributed by atoms with Crippen LogP contribution in [0.1, 0.15) is 95.1 Å². The third-order valence-corrected chi connectivity index (χ3v) is 11.4. The molecule has 10 rings (SSSR count). The van der Waals surface area contributed by atoms with Gasteiger partial charge in [-0.2, -0.15) is 0 Å². The second kappa shape index (κ2) is 6.55. The Kier molecular flexibility index (Phi) is 3.95. The molecule has 0 spiro atoms. The van der Waals surface area contributed by atoms with E-state index in [1.807, 2.05) is 0 Å². The van der Waals surface area contributed by atoms with Crippen LogP contribution < -0.4 is 4.74 Å². The van der Waals surface area contributed by atoms with Crippen LogP contribution in [0.25, 0.3) is 0 Å². The second-order valence-corrected chi connectivity index (χ2v) is 13.8. The van der Waals surface area contributed by atoms with Gasteiger partial charge in [0.15, 0.2) is 0 Å². The quantitative estimate of drug-likeness (QED) is 0.478. The third-order valence-electron chi connectivity index (χ3n) is 11.4. The Labute approximate surface area is 193 Å². The Bertz CT molecular complexity index is 860. The Balaban J connectivity index is 1.26. The molecule has 1 aromatic rings. The molecule has 0 aromatic heterocycles. The highest BCUT2D eigenvalue weighted by molar-refractivity contribution is 5.51. The van der Waals surface area contributed by atoms with E-state index in [4.69, 9.17) is 9.47 Å². The highest BCUT2D eigenvalue weighted by atomic mass is 16.6. The number of epoxide rings is 1. The molecular formula is C30H40O2. The standard InChI is InChI=1S/C30H40O2/c1-18-27(32-18)17-31-26-4-2-3-25(29-11-19-5-20(12-29)7-21(6-19)13-29)28(26)30-14-22-8-23(15-30)10-24(9-22)16-30/h2-4,18-24,27H,5-17H2,1H3. The molecule has 8 saturated carbocycles. The minimum Gasteiger partial charge on any atom is -0.490 e. The summed E-state index contributed by atoms with van der Waals surface area (Å²) in [5, 5.41) is 0. The Morgan fingerprint density at radius 3 is 1.69 bits per heavy atom. The average Bonchev–Trinajstić information content (AvgIpc) is 3.45. The van der Waals surface area contributed by atoms with Gasteiger partial charge in [-0.15, -0.1) is 0 Å². The largest absolute Gasteiger partial charge is 0.490 e. The van der Waals surface area contributed by atoms with Gasteiger partial charge in [0.2, 0.25) is 0 Å². The van der Waals surface area contributed by atoms with Gasteiger partial charge in [-0.05, 0) is 137 Å². The molecule has 8 bridgehead atoms. The van der Waals surface area contributed by atoms with Crippen LogP contribution in [0.2, 0.25) is 0 Å². The van der Waals surface area contributed by atoms with Gasteiger partial charge < -0.3 is 9.47 Å². The molecule has 9 aliphatic rings. The van der Waals surface area contributed by atoms with E-state index in [-0.39, 0.29) is 0 Å². The predicted octanol–water partition coefficient (Wildman–Crippen LogP) is 6.79. The lowest BCUT2D eigenvalue weighted by molar-refractivity contribution is -0.0184. The zero-order valence-corrected chi connectivity index (χ0v) is 19.9. The first-order valence-corrected chi connectivity index (χ1v) is 14.0. The molecule has 1 saturated heterocycles. The first kappa shape index (κ1) is 19.3. The summed E-state index contributed by atoms with van der Waals surface area (Å²) in [6, 6.07) is 7.28. The van der Waals surface area contributed by atoms with Crippen LogP contribution in [0.3, 0.4) is 0 Å². The molecule has 1 aromatic carbocycles. The first-order valence-electron chi connectivity index (χ1n) is 14.0. The van der Waals surface area contributed by atoms with Crippen molar-refractivity contribution in [2.24, 2.45) is 35.5 Å². The van der Waals surface area contributed by atoms with Crippen LogP contribution in [0.15, 0.2) is 18.2 Å². The molecule has 8 aliphatic carbocycles. The smallest absolute Gasteiger partial charge is 0.123 e. The van der Waals surface area contributed by atoms with Crippen LogP contribution >= 0.6 is 0 Å².